The average molecular weight is 263 g/mol. The van der Waals surface area contributed by atoms with Crippen LogP contribution in [0.2, 0.25) is 0 Å². The van der Waals surface area contributed by atoms with Gasteiger partial charge < -0.3 is 14.8 Å². The van der Waals surface area contributed by atoms with Crippen molar-refractivity contribution in [1.82, 2.24) is 5.32 Å². The molecule has 0 bridgehead atoms. The molecule has 19 heavy (non-hydrogen) atoms. The van der Waals surface area contributed by atoms with Crippen LogP contribution < -0.4 is 5.32 Å². The van der Waals surface area contributed by atoms with E-state index >= 15 is 0 Å². The van der Waals surface area contributed by atoms with Crippen LogP contribution >= 0.6 is 0 Å². The predicted molar refractivity (Wildman–Crippen MR) is 73.3 cm³/mol. The van der Waals surface area contributed by atoms with E-state index in [0.717, 1.165) is 31.6 Å². The summed E-state index contributed by atoms with van der Waals surface area (Å²) in [7, 11) is 0. The summed E-state index contributed by atoms with van der Waals surface area (Å²) < 4.78 is 10.5. The summed E-state index contributed by atoms with van der Waals surface area (Å²) in [6, 6.07) is 7.60. The first kappa shape index (κ1) is 14.0. The zero-order valence-electron chi connectivity index (χ0n) is 11.4. The smallest absolute Gasteiger partial charge is 0.251 e. The van der Waals surface area contributed by atoms with Crippen LogP contribution in [0, 0.1) is 6.92 Å². The SMILES string of the molecule is Cc1ccc(C(=O)NCCCCOCC2CO2)cc1. The van der Waals surface area contributed by atoms with Crippen LogP contribution in [0.15, 0.2) is 24.3 Å². The van der Waals surface area contributed by atoms with Crippen molar-refractivity contribution < 1.29 is 14.3 Å². The van der Waals surface area contributed by atoms with E-state index in [4.69, 9.17) is 9.47 Å². The molecule has 4 nitrogen and oxygen atoms in total. The van der Waals surface area contributed by atoms with Crippen LogP contribution in [0.1, 0.15) is 28.8 Å². The minimum atomic E-state index is -0.00713. The minimum Gasteiger partial charge on any atom is -0.379 e. The van der Waals surface area contributed by atoms with Crippen LogP contribution in [0.4, 0.5) is 0 Å². The Bertz CT molecular complexity index is 398. The molecule has 0 spiro atoms. The Morgan fingerprint density at radius 2 is 2.11 bits per heavy atom. The summed E-state index contributed by atoms with van der Waals surface area (Å²) in [6.45, 7) is 4.98. The van der Waals surface area contributed by atoms with Gasteiger partial charge in [-0.15, -0.1) is 0 Å². The van der Waals surface area contributed by atoms with Crippen LogP contribution in [-0.4, -0.2) is 38.4 Å². The summed E-state index contributed by atoms with van der Waals surface area (Å²) in [5.41, 5.74) is 1.88. The monoisotopic (exact) mass is 263 g/mol. The second kappa shape index (κ2) is 7.26. The Morgan fingerprint density at radius 3 is 2.79 bits per heavy atom. The molecule has 1 saturated heterocycles. The van der Waals surface area contributed by atoms with Crippen molar-refractivity contribution in [2.45, 2.75) is 25.9 Å². The lowest BCUT2D eigenvalue weighted by atomic mass is 10.1. The fourth-order valence-electron chi connectivity index (χ4n) is 1.72. The molecular weight excluding hydrogens is 242 g/mol. The number of aryl methyl sites for hydroxylation is 1. The number of nitrogens with one attached hydrogen (secondary N) is 1. The Morgan fingerprint density at radius 1 is 1.37 bits per heavy atom. The highest BCUT2D eigenvalue weighted by Gasteiger charge is 2.21. The second-order valence-electron chi connectivity index (χ2n) is 4.86. The third-order valence-corrected chi connectivity index (χ3v) is 3.02. The largest absolute Gasteiger partial charge is 0.379 e. The van der Waals surface area contributed by atoms with E-state index in [1.54, 1.807) is 0 Å². The average Bonchev–Trinajstić information content (AvgIpc) is 3.22. The molecule has 1 heterocycles. The lowest BCUT2D eigenvalue weighted by Crippen LogP contribution is -2.24. The van der Waals surface area contributed by atoms with Crippen molar-refractivity contribution in [2.75, 3.05) is 26.4 Å². The van der Waals surface area contributed by atoms with E-state index < -0.39 is 0 Å². The van der Waals surface area contributed by atoms with Crippen LogP contribution in [0.5, 0.6) is 0 Å². The lowest BCUT2D eigenvalue weighted by molar-refractivity contribution is 0.0945. The first-order chi connectivity index (χ1) is 9.25. The van der Waals surface area contributed by atoms with Crippen LogP contribution in [-0.2, 0) is 9.47 Å². The maximum atomic E-state index is 11.8. The molecule has 1 atom stereocenters. The highest BCUT2D eigenvalue weighted by Crippen LogP contribution is 2.08. The molecule has 1 aliphatic rings. The summed E-state index contributed by atoms with van der Waals surface area (Å²) >= 11 is 0. The van der Waals surface area contributed by atoms with Gasteiger partial charge in [0.2, 0.25) is 0 Å². The molecule has 1 aliphatic heterocycles. The fraction of sp³-hybridized carbons (Fsp3) is 0.533. The normalized spacial score (nSPS) is 17.2. The minimum absolute atomic E-state index is 0.00713. The molecule has 1 aromatic rings. The van der Waals surface area contributed by atoms with E-state index in [9.17, 15) is 4.79 Å². The van der Waals surface area contributed by atoms with Gasteiger partial charge >= 0.3 is 0 Å². The Balaban J connectivity index is 1.52. The van der Waals surface area contributed by atoms with Gasteiger partial charge in [0, 0.05) is 18.7 Å². The zero-order valence-corrected chi connectivity index (χ0v) is 11.4. The molecule has 1 N–H and O–H groups in total. The van der Waals surface area contributed by atoms with Crippen molar-refractivity contribution in [1.29, 1.82) is 0 Å². The fourth-order valence-corrected chi connectivity index (χ4v) is 1.72. The van der Waals surface area contributed by atoms with Crippen LogP contribution in [0.3, 0.4) is 0 Å². The lowest BCUT2D eigenvalue weighted by Gasteiger charge is -2.06. The van der Waals surface area contributed by atoms with Crippen molar-refractivity contribution in [3.8, 4) is 0 Å². The third kappa shape index (κ3) is 5.41. The van der Waals surface area contributed by atoms with E-state index in [1.165, 1.54) is 0 Å². The molecule has 1 fully saturated rings. The van der Waals surface area contributed by atoms with Gasteiger partial charge in [0.05, 0.1) is 13.2 Å². The van der Waals surface area contributed by atoms with Crippen LogP contribution in [0.25, 0.3) is 0 Å². The molecule has 1 amide bonds. The number of hydrogen-bond donors (Lipinski definition) is 1. The van der Waals surface area contributed by atoms with Crippen molar-refractivity contribution in [3.05, 3.63) is 35.4 Å². The van der Waals surface area contributed by atoms with Gasteiger partial charge in [-0.1, -0.05) is 17.7 Å². The first-order valence-electron chi connectivity index (χ1n) is 6.80. The van der Waals surface area contributed by atoms with Gasteiger partial charge in [-0.05, 0) is 31.9 Å². The van der Waals surface area contributed by atoms with Gasteiger partial charge in [0.25, 0.3) is 5.91 Å². The Kier molecular flexibility index (Phi) is 5.36. The number of rotatable bonds is 8. The summed E-state index contributed by atoms with van der Waals surface area (Å²) in [6.07, 6.45) is 2.23. The predicted octanol–water partition coefficient (Wildman–Crippen LogP) is 1.92. The highest BCUT2D eigenvalue weighted by atomic mass is 16.6. The maximum Gasteiger partial charge on any atom is 0.251 e. The molecule has 0 radical (unpaired) electrons. The standard InChI is InChI=1S/C15H21NO3/c1-12-4-6-13(7-5-12)15(17)16-8-2-3-9-18-10-14-11-19-14/h4-7,14H,2-3,8-11H2,1H3,(H,16,17). The number of unbranched alkanes of at least 4 members (excludes halogenated alkanes) is 1. The molecule has 0 aromatic heterocycles. The van der Waals surface area contributed by atoms with Gasteiger partial charge in [-0.25, -0.2) is 0 Å². The third-order valence-electron chi connectivity index (χ3n) is 3.02. The molecular formula is C15H21NO3. The molecule has 104 valence electrons. The van der Waals surface area contributed by atoms with E-state index in [0.29, 0.717) is 24.8 Å². The number of carbonyl (C=O) groups is 1. The Hall–Kier alpha value is -1.39. The molecule has 4 heteroatoms. The van der Waals surface area contributed by atoms with E-state index in [1.807, 2.05) is 31.2 Å². The molecule has 0 saturated carbocycles. The quantitative estimate of drug-likeness (QED) is 0.576. The van der Waals surface area contributed by atoms with E-state index in [-0.39, 0.29) is 5.91 Å². The Labute approximate surface area is 114 Å². The maximum absolute atomic E-state index is 11.8. The molecule has 1 unspecified atom stereocenters. The second-order valence-corrected chi connectivity index (χ2v) is 4.86. The summed E-state index contributed by atoms with van der Waals surface area (Å²) in [5, 5.41) is 2.91. The topological polar surface area (TPSA) is 50.9 Å². The van der Waals surface area contributed by atoms with Crippen molar-refractivity contribution in [2.24, 2.45) is 0 Å². The van der Waals surface area contributed by atoms with Gasteiger partial charge in [-0.3, -0.25) is 4.79 Å². The zero-order chi connectivity index (χ0) is 13.5. The molecule has 2 rings (SSSR count). The summed E-state index contributed by atoms with van der Waals surface area (Å²) in [5.74, 6) is -0.00713. The van der Waals surface area contributed by atoms with Crippen molar-refractivity contribution in [3.63, 3.8) is 0 Å². The number of benzene rings is 1. The number of hydrogen-bond acceptors (Lipinski definition) is 3. The summed E-state index contributed by atoms with van der Waals surface area (Å²) in [4.78, 5) is 11.8. The number of carbonyl (C=O) groups excluding carboxylic acids is 1. The first-order valence-corrected chi connectivity index (χ1v) is 6.80. The number of epoxide rings is 1. The van der Waals surface area contributed by atoms with Crippen molar-refractivity contribution >= 4 is 5.91 Å². The molecule has 1 aromatic carbocycles. The van der Waals surface area contributed by atoms with E-state index in [2.05, 4.69) is 5.32 Å². The number of amides is 1. The number of ether oxygens (including phenoxy) is 2. The van der Waals surface area contributed by atoms with Gasteiger partial charge in [-0.2, -0.15) is 0 Å². The van der Waals surface area contributed by atoms with Gasteiger partial charge in [0.15, 0.2) is 0 Å². The van der Waals surface area contributed by atoms with Gasteiger partial charge in [0.1, 0.15) is 6.10 Å². The highest BCUT2D eigenvalue weighted by molar-refractivity contribution is 5.94. The molecule has 0 aliphatic carbocycles.